The molecule has 30 heavy (non-hydrogen) atoms. The number of amides is 1. The predicted octanol–water partition coefficient (Wildman–Crippen LogP) is 3.01. The minimum atomic E-state index is -0.00568. The van der Waals surface area contributed by atoms with Gasteiger partial charge in [-0.2, -0.15) is 5.10 Å². The van der Waals surface area contributed by atoms with Crippen molar-refractivity contribution in [2.75, 3.05) is 19.6 Å². The number of ether oxygens (including phenoxy) is 1. The van der Waals surface area contributed by atoms with Crippen LogP contribution in [0.4, 0.5) is 0 Å². The summed E-state index contributed by atoms with van der Waals surface area (Å²) in [6.07, 6.45) is 3.85. The van der Waals surface area contributed by atoms with Gasteiger partial charge in [-0.1, -0.05) is 36.4 Å². The van der Waals surface area contributed by atoms with Crippen LogP contribution in [0.15, 0.2) is 54.7 Å². The van der Waals surface area contributed by atoms with Crippen LogP contribution in [0.3, 0.4) is 0 Å². The summed E-state index contributed by atoms with van der Waals surface area (Å²) in [5.41, 5.74) is 5.90. The maximum atomic E-state index is 12.5. The van der Waals surface area contributed by atoms with E-state index in [1.165, 1.54) is 11.1 Å². The minimum Gasteiger partial charge on any atom is -0.488 e. The van der Waals surface area contributed by atoms with Gasteiger partial charge < -0.3 is 10.1 Å². The Morgan fingerprint density at radius 2 is 1.90 bits per heavy atom. The van der Waals surface area contributed by atoms with Crippen molar-refractivity contribution >= 4 is 5.91 Å². The van der Waals surface area contributed by atoms with E-state index in [0.717, 1.165) is 55.0 Å². The zero-order valence-corrected chi connectivity index (χ0v) is 17.0. The van der Waals surface area contributed by atoms with E-state index < -0.39 is 0 Å². The third kappa shape index (κ3) is 3.83. The lowest BCUT2D eigenvalue weighted by molar-refractivity contribution is -0.121. The number of carbonyl (C=O) groups is 1. The molecule has 0 fully saturated rings. The molecule has 0 unspecified atom stereocenters. The van der Waals surface area contributed by atoms with E-state index in [1.54, 1.807) is 10.9 Å². The molecule has 2 aliphatic heterocycles. The number of fused-ring (bicyclic) bond motifs is 4. The van der Waals surface area contributed by atoms with Gasteiger partial charge in [-0.3, -0.25) is 14.4 Å². The van der Waals surface area contributed by atoms with E-state index in [4.69, 9.17) is 4.74 Å². The number of carbonyl (C=O) groups excluding carboxylic acids is 1. The summed E-state index contributed by atoms with van der Waals surface area (Å²) in [6.45, 7) is 4.49. The van der Waals surface area contributed by atoms with Gasteiger partial charge in [-0.15, -0.1) is 0 Å². The van der Waals surface area contributed by atoms with E-state index >= 15 is 0 Å². The SMILES string of the molecule is O=C(Cn1ncc2c1-c1ccccc1OC2)NCCCN1CCc2ccccc2C1. The number of benzene rings is 2. The fraction of sp³-hybridized carbons (Fsp3) is 0.333. The van der Waals surface area contributed by atoms with Crippen molar-refractivity contribution < 1.29 is 9.53 Å². The second-order valence-electron chi connectivity index (χ2n) is 7.96. The Kier molecular flexibility index (Phi) is 5.24. The first kappa shape index (κ1) is 18.9. The molecule has 0 aliphatic carbocycles. The summed E-state index contributed by atoms with van der Waals surface area (Å²) in [5.74, 6) is 0.837. The van der Waals surface area contributed by atoms with Gasteiger partial charge >= 0.3 is 0 Å². The Bertz CT molecular complexity index is 1060. The Morgan fingerprint density at radius 3 is 2.83 bits per heavy atom. The summed E-state index contributed by atoms with van der Waals surface area (Å²) in [5, 5.41) is 7.48. The van der Waals surface area contributed by atoms with Crippen molar-refractivity contribution in [1.29, 1.82) is 0 Å². The van der Waals surface area contributed by atoms with Crippen molar-refractivity contribution in [2.45, 2.75) is 32.5 Å². The molecule has 0 atom stereocenters. The van der Waals surface area contributed by atoms with Crippen LogP contribution >= 0.6 is 0 Å². The number of rotatable bonds is 6. The number of nitrogens with zero attached hydrogens (tertiary/aromatic N) is 3. The molecule has 3 aromatic rings. The Hall–Kier alpha value is -3.12. The van der Waals surface area contributed by atoms with Gasteiger partial charge in [0.2, 0.25) is 5.91 Å². The van der Waals surface area contributed by atoms with Crippen LogP contribution in [0.2, 0.25) is 0 Å². The van der Waals surface area contributed by atoms with Crippen LogP contribution < -0.4 is 10.1 Å². The molecule has 2 aliphatic rings. The molecule has 154 valence electrons. The summed E-state index contributed by atoms with van der Waals surface area (Å²) >= 11 is 0. The van der Waals surface area contributed by atoms with Gasteiger partial charge in [0.05, 0.1) is 11.9 Å². The van der Waals surface area contributed by atoms with Crippen LogP contribution in [0.25, 0.3) is 11.3 Å². The molecular formula is C24H26N4O2. The topological polar surface area (TPSA) is 59.4 Å². The van der Waals surface area contributed by atoms with Crippen molar-refractivity contribution in [2.24, 2.45) is 0 Å². The summed E-state index contributed by atoms with van der Waals surface area (Å²) < 4.78 is 7.55. The lowest BCUT2D eigenvalue weighted by Gasteiger charge is -2.28. The van der Waals surface area contributed by atoms with Crippen LogP contribution in [-0.2, 0) is 30.9 Å². The van der Waals surface area contributed by atoms with E-state index in [2.05, 4.69) is 39.6 Å². The standard InChI is InChI=1S/C24H26N4O2/c29-23(25-11-5-12-27-13-10-18-6-1-2-7-19(18)15-27)16-28-24-20(14-26-28)17-30-22-9-4-3-8-21(22)24/h1-4,6-9,14H,5,10-13,15-17H2,(H,25,29). The predicted molar refractivity (Wildman–Crippen MR) is 115 cm³/mol. The molecule has 6 heteroatoms. The van der Waals surface area contributed by atoms with Crippen molar-refractivity contribution in [3.8, 4) is 17.0 Å². The first-order chi connectivity index (χ1) is 14.8. The highest BCUT2D eigenvalue weighted by Gasteiger charge is 2.22. The maximum absolute atomic E-state index is 12.5. The summed E-state index contributed by atoms with van der Waals surface area (Å²) in [4.78, 5) is 15.0. The van der Waals surface area contributed by atoms with Crippen LogP contribution in [-0.4, -0.2) is 40.2 Å². The minimum absolute atomic E-state index is 0.00568. The molecule has 0 radical (unpaired) electrons. The molecule has 1 aromatic heterocycles. The molecule has 1 N–H and O–H groups in total. The molecule has 0 saturated carbocycles. The molecule has 0 bridgehead atoms. The highest BCUT2D eigenvalue weighted by Crippen LogP contribution is 2.36. The average Bonchev–Trinajstić information content (AvgIpc) is 3.20. The Morgan fingerprint density at radius 1 is 1.07 bits per heavy atom. The molecule has 2 aromatic carbocycles. The first-order valence-corrected chi connectivity index (χ1v) is 10.6. The molecule has 3 heterocycles. The quantitative estimate of drug-likeness (QED) is 0.644. The van der Waals surface area contributed by atoms with Crippen LogP contribution in [0, 0.1) is 0 Å². The number of hydrogen-bond acceptors (Lipinski definition) is 4. The molecule has 6 nitrogen and oxygen atoms in total. The fourth-order valence-electron chi connectivity index (χ4n) is 4.37. The highest BCUT2D eigenvalue weighted by molar-refractivity contribution is 5.78. The van der Waals surface area contributed by atoms with Crippen LogP contribution in [0.1, 0.15) is 23.1 Å². The third-order valence-corrected chi connectivity index (χ3v) is 5.92. The Labute approximate surface area is 176 Å². The van der Waals surface area contributed by atoms with Crippen molar-refractivity contribution in [3.63, 3.8) is 0 Å². The van der Waals surface area contributed by atoms with Crippen molar-refractivity contribution in [3.05, 3.63) is 71.4 Å². The molecular weight excluding hydrogens is 376 g/mol. The van der Waals surface area contributed by atoms with Gasteiger partial charge in [0.15, 0.2) is 0 Å². The average molecular weight is 402 g/mol. The first-order valence-electron chi connectivity index (χ1n) is 10.6. The van der Waals surface area contributed by atoms with E-state index in [1.807, 2.05) is 24.3 Å². The molecule has 5 rings (SSSR count). The van der Waals surface area contributed by atoms with Gasteiger partial charge in [0.1, 0.15) is 18.9 Å². The number of nitrogens with one attached hydrogen (secondary N) is 1. The molecule has 0 spiro atoms. The lowest BCUT2D eigenvalue weighted by Crippen LogP contribution is -2.34. The zero-order chi connectivity index (χ0) is 20.3. The van der Waals surface area contributed by atoms with Gasteiger partial charge in [0, 0.05) is 37.3 Å². The second-order valence-corrected chi connectivity index (χ2v) is 7.96. The summed E-state index contributed by atoms with van der Waals surface area (Å²) in [6, 6.07) is 16.6. The monoisotopic (exact) mass is 402 g/mol. The van der Waals surface area contributed by atoms with Crippen molar-refractivity contribution in [1.82, 2.24) is 20.0 Å². The summed E-state index contributed by atoms with van der Waals surface area (Å²) in [7, 11) is 0. The Balaban J connectivity index is 1.12. The third-order valence-electron chi connectivity index (χ3n) is 5.92. The lowest BCUT2D eigenvalue weighted by atomic mass is 10.00. The fourth-order valence-corrected chi connectivity index (χ4v) is 4.37. The van der Waals surface area contributed by atoms with Gasteiger partial charge in [-0.05, 0) is 36.1 Å². The number of para-hydroxylation sites is 1. The number of hydrogen-bond donors (Lipinski definition) is 1. The van der Waals surface area contributed by atoms with E-state index in [-0.39, 0.29) is 12.5 Å². The van der Waals surface area contributed by atoms with E-state index in [0.29, 0.717) is 13.2 Å². The smallest absolute Gasteiger partial charge is 0.241 e. The largest absolute Gasteiger partial charge is 0.488 e. The van der Waals surface area contributed by atoms with Gasteiger partial charge in [0.25, 0.3) is 0 Å². The van der Waals surface area contributed by atoms with Gasteiger partial charge in [-0.25, -0.2) is 0 Å². The molecule has 1 amide bonds. The molecule has 0 saturated heterocycles. The van der Waals surface area contributed by atoms with Crippen LogP contribution in [0.5, 0.6) is 5.75 Å². The highest BCUT2D eigenvalue weighted by atomic mass is 16.5. The second kappa shape index (κ2) is 8.32. The normalized spacial score (nSPS) is 14.9. The van der Waals surface area contributed by atoms with E-state index in [9.17, 15) is 4.79 Å². The maximum Gasteiger partial charge on any atom is 0.241 e. The number of aromatic nitrogens is 2. The zero-order valence-electron chi connectivity index (χ0n) is 17.0.